The number of hydrogen-bond acceptors (Lipinski definition) is 5. The maximum atomic E-state index is 9.35. The lowest BCUT2D eigenvalue weighted by atomic mass is 9.57. The lowest BCUT2D eigenvalue weighted by molar-refractivity contribution is -0.305. The van der Waals surface area contributed by atoms with Crippen LogP contribution in [0.4, 0.5) is 4.79 Å². The van der Waals surface area contributed by atoms with Crippen molar-refractivity contribution in [3.63, 3.8) is 0 Å². The minimum atomic E-state index is -1.69. The molecule has 1 aromatic rings. The van der Waals surface area contributed by atoms with Crippen molar-refractivity contribution < 1.29 is 30.2 Å². The third-order valence-electron chi connectivity index (χ3n) is 4.81. The fraction of sp³-hybridized carbons (Fsp3) is 0.588. The summed E-state index contributed by atoms with van der Waals surface area (Å²) in [7, 11) is 0. The van der Waals surface area contributed by atoms with Crippen molar-refractivity contribution in [1.82, 2.24) is 0 Å². The second-order valence-electron chi connectivity index (χ2n) is 6.39. The van der Waals surface area contributed by atoms with Crippen LogP contribution in [0.1, 0.15) is 45.2 Å². The van der Waals surface area contributed by atoms with Gasteiger partial charge in [0.15, 0.2) is 0 Å². The molecule has 0 aliphatic heterocycles. The van der Waals surface area contributed by atoms with Crippen LogP contribution in [0, 0.1) is 11.8 Å². The van der Waals surface area contributed by atoms with Crippen LogP contribution in [0.3, 0.4) is 0 Å². The average Bonchev–Trinajstić information content (AvgIpc) is 2.53. The SMILES string of the molecule is CC(C)C1(C(C)C)c2ccccc2CCC1OO.O=C(O)OO. The molecule has 130 valence electrons. The quantitative estimate of drug-likeness (QED) is 0.569. The van der Waals surface area contributed by atoms with Crippen molar-refractivity contribution in [2.24, 2.45) is 11.8 Å². The molecule has 0 bridgehead atoms. The van der Waals surface area contributed by atoms with Crippen LogP contribution in [0.2, 0.25) is 0 Å². The fourth-order valence-corrected chi connectivity index (χ4v) is 4.03. The van der Waals surface area contributed by atoms with Crippen LogP contribution < -0.4 is 0 Å². The summed E-state index contributed by atoms with van der Waals surface area (Å²) in [6.45, 7) is 8.92. The molecule has 0 radical (unpaired) electrons. The molecule has 1 unspecified atom stereocenters. The van der Waals surface area contributed by atoms with Crippen LogP contribution in [0.15, 0.2) is 24.3 Å². The third-order valence-corrected chi connectivity index (χ3v) is 4.81. The van der Waals surface area contributed by atoms with Gasteiger partial charge in [0.1, 0.15) is 6.10 Å². The van der Waals surface area contributed by atoms with Gasteiger partial charge in [-0.2, -0.15) is 5.26 Å². The molecule has 1 aliphatic carbocycles. The van der Waals surface area contributed by atoms with Crippen LogP contribution in [0.25, 0.3) is 0 Å². The summed E-state index contributed by atoms with van der Waals surface area (Å²) in [5, 5.41) is 23.6. The van der Waals surface area contributed by atoms with Crippen molar-refractivity contribution in [3.05, 3.63) is 35.4 Å². The van der Waals surface area contributed by atoms with Gasteiger partial charge in [0, 0.05) is 5.41 Å². The molecular weight excluding hydrogens is 300 g/mol. The second kappa shape index (κ2) is 8.29. The van der Waals surface area contributed by atoms with E-state index >= 15 is 0 Å². The van der Waals surface area contributed by atoms with Crippen LogP contribution >= 0.6 is 0 Å². The van der Waals surface area contributed by atoms with E-state index in [1.54, 1.807) is 0 Å². The van der Waals surface area contributed by atoms with Crippen LogP contribution in [0.5, 0.6) is 0 Å². The Kier molecular flexibility index (Phi) is 7.00. The molecule has 23 heavy (non-hydrogen) atoms. The van der Waals surface area contributed by atoms with Gasteiger partial charge in [-0.05, 0) is 35.8 Å². The van der Waals surface area contributed by atoms with Gasteiger partial charge in [-0.15, -0.1) is 0 Å². The first kappa shape index (κ1) is 19.4. The minimum absolute atomic E-state index is 0.0937. The molecule has 2 rings (SSSR count). The number of aryl methyl sites for hydroxylation is 1. The highest BCUT2D eigenvalue weighted by Crippen LogP contribution is 2.49. The second-order valence-corrected chi connectivity index (χ2v) is 6.39. The van der Waals surface area contributed by atoms with Gasteiger partial charge < -0.3 is 5.11 Å². The molecule has 1 aliphatic rings. The average molecular weight is 326 g/mol. The van der Waals surface area contributed by atoms with Crippen molar-refractivity contribution in [2.45, 2.75) is 52.1 Å². The smallest absolute Gasteiger partial charge is 0.448 e. The van der Waals surface area contributed by atoms with Crippen molar-refractivity contribution in [1.29, 1.82) is 0 Å². The maximum absolute atomic E-state index is 9.35. The Labute approximate surface area is 136 Å². The number of rotatable bonds is 3. The highest BCUT2D eigenvalue weighted by Gasteiger charge is 2.49. The molecule has 0 heterocycles. The number of fused-ring (bicyclic) bond motifs is 1. The molecule has 0 saturated carbocycles. The van der Waals surface area contributed by atoms with Crippen molar-refractivity contribution >= 4 is 6.16 Å². The first-order valence-corrected chi connectivity index (χ1v) is 7.75. The predicted molar refractivity (Wildman–Crippen MR) is 85.4 cm³/mol. The van der Waals surface area contributed by atoms with Crippen molar-refractivity contribution in [2.75, 3.05) is 0 Å². The Morgan fingerprint density at radius 3 is 2.13 bits per heavy atom. The number of carboxylic acid groups (broad SMARTS) is 1. The number of carbonyl (C=O) groups is 1. The molecule has 0 aromatic heterocycles. The molecule has 6 nitrogen and oxygen atoms in total. The lowest BCUT2D eigenvalue weighted by Crippen LogP contribution is -2.52. The van der Waals surface area contributed by atoms with Crippen LogP contribution in [-0.2, 0) is 21.6 Å². The normalized spacial score (nSPS) is 18.9. The summed E-state index contributed by atoms with van der Waals surface area (Å²) in [4.78, 5) is 16.4. The van der Waals surface area contributed by atoms with E-state index in [-0.39, 0.29) is 11.5 Å². The summed E-state index contributed by atoms with van der Waals surface area (Å²) in [5.41, 5.74) is 2.68. The Morgan fingerprint density at radius 2 is 1.70 bits per heavy atom. The molecule has 0 spiro atoms. The minimum Gasteiger partial charge on any atom is -0.448 e. The zero-order valence-electron chi connectivity index (χ0n) is 14.0. The molecular formula is C17H26O6. The van der Waals surface area contributed by atoms with Gasteiger partial charge in [-0.1, -0.05) is 52.0 Å². The Bertz CT molecular complexity index is 504. The molecule has 0 saturated heterocycles. The van der Waals surface area contributed by atoms with Crippen LogP contribution in [-0.4, -0.2) is 27.9 Å². The van der Waals surface area contributed by atoms with Gasteiger partial charge >= 0.3 is 6.16 Å². The van der Waals surface area contributed by atoms with Crippen molar-refractivity contribution in [3.8, 4) is 0 Å². The highest BCUT2D eigenvalue weighted by atomic mass is 17.1. The van der Waals surface area contributed by atoms with Gasteiger partial charge in [0.25, 0.3) is 0 Å². The molecule has 1 aromatic carbocycles. The Balaban J connectivity index is 0.000000463. The van der Waals surface area contributed by atoms with E-state index < -0.39 is 6.16 Å². The summed E-state index contributed by atoms with van der Waals surface area (Å²) in [6.07, 6.45) is 0.0873. The highest BCUT2D eigenvalue weighted by molar-refractivity contribution is 5.55. The molecule has 0 amide bonds. The zero-order chi connectivity index (χ0) is 17.6. The summed E-state index contributed by atoms with van der Waals surface area (Å²) in [5.74, 6) is 0.854. The van der Waals surface area contributed by atoms with E-state index in [1.165, 1.54) is 11.1 Å². The Hall–Kier alpha value is -1.63. The van der Waals surface area contributed by atoms with E-state index in [0.717, 1.165) is 12.8 Å². The molecule has 0 fully saturated rings. The predicted octanol–water partition coefficient (Wildman–Crippen LogP) is 4.19. The first-order valence-electron chi connectivity index (χ1n) is 7.75. The molecule has 6 heteroatoms. The van der Waals surface area contributed by atoms with E-state index in [1.807, 2.05) is 0 Å². The summed E-state index contributed by atoms with van der Waals surface area (Å²) in [6, 6.07) is 8.62. The lowest BCUT2D eigenvalue weighted by Gasteiger charge is -2.49. The van der Waals surface area contributed by atoms with E-state index in [2.05, 4.69) is 56.8 Å². The fourth-order valence-electron chi connectivity index (χ4n) is 4.03. The summed E-state index contributed by atoms with van der Waals surface area (Å²) < 4.78 is 0. The van der Waals surface area contributed by atoms with Gasteiger partial charge in [0.2, 0.25) is 0 Å². The molecule has 1 atom stereocenters. The Morgan fingerprint density at radius 1 is 1.17 bits per heavy atom. The first-order chi connectivity index (χ1) is 10.8. The third kappa shape index (κ3) is 3.83. The van der Waals surface area contributed by atoms with Gasteiger partial charge in [-0.25, -0.2) is 9.68 Å². The van der Waals surface area contributed by atoms with E-state index in [4.69, 9.17) is 20.0 Å². The summed E-state index contributed by atoms with van der Waals surface area (Å²) >= 11 is 0. The monoisotopic (exact) mass is 326 g/mol. The largest absolute Gasteiger partial charge is 0.537 e. The number of hydrogen-bond donors (Lipinski definition) is 3. The van der Waals surface area contributed by atoms with E-state index in [0.29, 0.717) is 11.8 Å². The van der Waals surface area contributed by atoms with Gasteiger partial charge in [-0.3, -0.25) is 10.1 Å². The number of benzene rings is 1. The molecule has 3 N–H and O–H groups in total. The van der Waals surface area contributed by atoms with E-state index in [9.17, 15) is 5.26 Å². The maximum Gasteiger partial charge on any atom is 0.537 e. The van der Waals surface area contributed by atoms with Gasteiger partial charge in [0.05, 0.1) is 0 Å². The zero-order valence-corrected chi connectivity index (χ0v) is 14.0. The standard InChI is InChI=1S/C16H24O2.CH2O4/c1-11(2)16(12(3)4)14-8-6-5-7-13(14)9-10-15(16)18-17;2-1(3)5-4/h5-8,11-12,15,17H,9-10H2,1-4H3;4H,(H,2,3). The topological polar surface area (TPSA) is 96.2 Å².